The van der Waals surface area contributed by atoms with Crippen molar-refractivity contribution in [1.82, 2.24) is 0 Å². The average Bonchev–Trinajstić information content (AvgIpc) is 2.32. The van der Waals surface area contributed by atoms with Gasteiger partial charge in [-0.15, -0.1) is 0 Å². The quantitative estimate of drug-likeness (QED) is 0.679. The maximum atomic E-state index is 12.3. The highest BCUT2D eigenvalue weighted by atomic mass is 35.5. The minimum atomic E-state index is 0.0305. The van der Waals surface area contributed by atoms with E-state index >= 15 is 0 Å². The van der Waals surface area contributed by atoms with Crippen LogP contribution in [0.15, 0.2) is 36.4 Å². The van der Waals surface area contributed by atoms with E-state index in [0.29, 0.717) is 22.7 Å². The van der Waals surface area contributed by atoms with Gasteiger partial charge in [-0.25, -0.2) is 0 Å². The molecule has 0 radical (unpaired) electrons. The van der Waals surface area contributed by atoms with Crippen LogP contribution >= 0.6 is 11.6 Å². The number of aryl methyl sites for hydroxylation is 2. The third-order valence-electron chi connectivity index (χ3n) is 3.10. The van der Waals surface area contributed by atoms with Crippen molar-refractivity contribution >= 4 is 23.1 Å². The van der Waals surface area contributed by atoms with Gasteiger partial charge in [-0.1, -0.05) is 35.4 Å². The standard InChI is InChI=1S/C16H16ClNO/c1-10-3-4-11(2)12(5-10)8-16(19)13-6-14(17)9-15(18)7-13/h3-7,9H,8,18H2,1-2H3. The monoisotopic (exact) mass is 273 g/mol. The first-order valence-corrected chi connectivity index (χ1v) is 6.49. The van der Waals surface area contributed by atoms with Gasteiger partial charge in [0.1, 0.15) is 0 Å². The lowest BCUT2D eigenvalue weighted by Gasteiger charge is -2.07. The van der Waals surface area contributed by atoms with Crippen LogP contribution in [0.25, 0.3) is 0 Å². The molecule has 0 aliphatic carbocycles. The summed E-state index contributed by atoms with van der Waals surface area (Å²) in [6.07, 6.45) is 0.368. The third kappa shape index (κ3) is 3.36. The first-order valence-electron chi connectivity index (χ1n) is 6.11. The van der Waals surface area contributed by atoms with E-state index in [-0.39, 0.29) is 5.78 Å². The maximum Gasteiger partial charge on any atom is 0.167 e. The van der Waals surface area contributed by atoms with Gasteiger partial charge in [-0.2, -0.15) is 0 Å². The zero-order chi connectivity index (χ0) is 14.0. The number of nitrogen functional groups attached to an aromatic ring is 1. The van der Waals surface area contributed by atoms with E-state index in [2.05, 4.69) is 0 Å². The average molecular weight is 274 g/mol. The fraction of sp³-hybridized carbons (Fsp3) is 0.188. The molecular weight excluding hydrogens is 258 g/mol. The molecule has 2 aromatic carbocycles. The Morgan fingerprint density at radius 1 is 1.16 bits per heavy atom. The van der Waals surface area contributed by atoms with Crippen LogP contribution in [0.2, 0.25) is 5.02 Å². The predicted molar refractivity (Wildman–Crippen MR) is 79.8 cm³/mol. The highest BCUT2D eigenvalue weighted by Crippen LogP contribution is 2.19. The van der Waals surface area contributed by atoms with Gasteiger partial charge in [0.15, 0.2) is 5.78 Å². The molecule has 0 aromatic heterocycles. The number of Topliss-reactive ketones (excluding diaryl/α,β-unsaturated/α-hetero) is 1. The molecule has 0 atom stereocenters. The second kappa shape index (κ2) is 5.45. The highest BCUT2D eigenvalue weighted by molar-refractivity contribution is 6.31. The Bertz CT molecular complexity index is 614. The summed E-state index contributed by atoms with van der Waals surface area (Å²) in [7, 11) is 0. The van der Waals surface area contributed by atoms with Crippen molar-refractivity contribution in [3.63, 3.8) is 0 Å². The van der Waals surface area contributed by atoms with Gasteiger partial charge < -0.3 is 5.73 Å². The van der Waals surface area contributed by atoms with Crippen LogP contribution in [0.5, 0.6) is 0 Å². The number of carbonyl (C=O) groups excluding carboxylic acids is 1. The lowest BCUT2D eigenvalue weighted by molar-refractivity contribution is 0.0993. The molecule has 0 bridgehead atoms. The molecule has 0 saturated carbocycles. The van der Waals surface area contributed by atoms with Crippen LogP contribution in [-0.4, -0.2) is 5.78 Å². The number of hydrogen-bond donors (Lipinski definition) is 1. The van der Waals surface area contributed by atoms with E-state index in [1.54, 1.807) is 18.2 Å². The van der Waals surface area contributed by atoms with E-state index in [0.717, 1.165) is 16.7 Å². The molecule has 0 aliphatic heterocycles. The molecular formula is C16H16ClNO. The Hall–Kier alpha value is -1.80. The van der Waals surface area contributed by atoms with Crippen molar-refractivity contribution in [2.45, 2.75) is 20.3 Å². The predicted octanol–water partition coefficient (Wildman–Crippen LogP) is 3.96. The topological polar surface area (TPSA) is 43.1 Å². The molecule has 0 aliphatic rings. The lowest BCUT2D eigenvalue weighted by atomic mass is 9.97. The summed E-state index contributed by atoms with van der Waals surface area (Å²) < 4.78 is 0. The summed E-state index contributed by atoms with van der Waals surface area (Å²) >= 11 is 5.92. The molecule has 0 saturated heterocycles. The number of hydrogen-bond acceptors (Lipinski definition) is 2. The summed E-state index contributed by atoms with van der Waals surface area (Å²) in [5.41, 5.74) is 10.1. The number of ketones is 1. The van der Waals surface area contributed by atoms with E-state index in [9.17, 15) is 4.79 Å². The van der Waals surface area contributed by atoms with Crippen LogP contribution < -0.4 is 5.73 Å². The first-order chi connectivity index (χ1) is 8.95. The lowest BCUT2D eigenvalue weighted by Crippen LogP contribution is -2.06. The molecule has 3 heteroatoms. The summed E-state index contributed by atoms with van der Waals surface area (Å²) in [4.78, 5) is 12.3. The number of halogens is 1. The van der Waals surface area contributed by atoms with Crippen molar-refractivity contribution in [2.75, 3.05) is 5.73 Å². The Balaban J connectivity index is 2.28. The second-order valence-corrected chi connectivity index (χ2v) is 5.24. The molecule has 19 heavy (non-hydrogen) atoms. The number of rotatable bonds is 3. The normalized spacial score (nSPS) is 10.5. The molecule has 98 valence electrons. The maximum absolute atomic E-state index is 12.3. The van der Waals surface area contributed by atoms with Crippen molar-refractivity contribution in [3.05, 3.63) is 63.7 Å². The van der Waals surface area contributed by atoms with Crippen LogP contribution in [-0.2, 0) is 6.42 Å². The van der Waals surface area contributed by atoms with Crippen LogP contribution in [0, 0.1) is 13.8 Å². The number of anilines is 1. The van der Waals surface area contributed by atoms with Gasteiger partial charge >= 0.3 is 0 Å². The van der Waals surface area contributed by atoms with Gasteiger partial charge in [-0.05, 0) is 43.2 Å². The Labute approximate surface area is 118 Å². The van der Waals surface area contributed by atoms with Gasteiger partial charge in [0.25, 0.3) is 0 Å². The number of nitrogens with two attached hydrogens (primary N) is 1. The third-order valence-corrected chi connectivity index (χ3v) is 3.32. The zero-order valence-corrected chi connectivity index (χ0v) is 11.8. The summed E-state index contributed by atoms with van der Waals surface area (Å²) in [5.74, 6) is 0.0305. The molecule has 0 amide bonds. The van der Waals surface area contributed by atoms with E-state index < -0.39 is 0 Å². The van der Waals surface area contributed by atoms with Crippen molar-refractivity contribution < 1.29 is 4.79 Å². The minimum absolute atomic E-state index is 0.0305. The van der Waals surface area contributed by atoms with Crippen molar-refractivity contribution in [2.24, 2.45) is 0 Å². The van der Waals surface area contributed by atoms with Crippen molar-refractivity contribution in [1.29, 1.82) is 0 Å². The Morgan fingerprint density at radius 3 is 2.58 bits per heavy atom. The van der Waals surface area contributed by atoms with E-state index in [4.69, 9.17) is 17.3 Å². The smallest absolute Gasteiger partial charge is 0.167 e. The van der Waals surface area contributed by atoms with Gasteiger partial charge in [-0.3, -0.25) is 4.79 Å². The fourth-order valence-corrected chi connectivity index (χ4v) is 2.28. The first kappa shape index (κ1) is 13.6. The molecule has 0 unspecified atom stereocenters. The molecule has 0 heterocycles. The summed E-state index contributed by atoms with van der Waals surface area (Å²) in [5, 5.41) is 0.490. The summed E-state index contributed by atoms with van der Waals surface area (Å²) in [6.45, 7) is 4.03. The Kier molecular flexibility index (Phi) is 3.91. The van der Waals surface area contributed by atoms with Crippen molar-refractivity contribution in [3.8, 4) is 0 Å². The van der Waals surface area contributed by atoms with Gasteiger partial charge in [0.05, 0.1) is 0 Å². The fourth-order valence-electron chi connectivity index (χ4n) is 2.04. The Morgan fingerprint density at radius 2 is 1.89 bits per heavy atom. The minimum Gasteiger partial charge on any atom is -0.399 e. The second-order valence-electron chi connectivity index (χ2n) is 4.80. The molecule has 0 spiro atoms. The van der Waals surface area contributed by atoms with E-state index in [1.807, 2.05) is 32.0 Å². The SMILES string of the molecule is Cc1ccc(C)c(CC(=O)c2cc(N)cc(Cl)c2)c1. The number of carbonyl (C=O) groups is 1. The zero-order valence-electron chi connectivity index (χ0n) is 11.0. The largest absolute Gasteiger partial charge is 0.399 e. The molecule has 2 rings (SSSR count). The van der Waals surface area contributed by atoms with Gasteiger partial charge in [0, 0.05) is 22.7 Å². The molecule has 2 aromatic rings. The molecule has 0 fully saturated rings. The van der Waals surface area contributed by atoms with Crippen LogP contribution in [0.3, 0.4) is 0 Å². The summed E-state index contributed by atoms with van der Waals surface area (Å²) in [6, 6.07) is 11.1. The van der Waals surface area contributed by atoms with Gasteiger partial charge in [0.2, 0.25) is 0 Å². The number of benzene rings is 2. The highest BCUT2D eigenvalue weighted by Gasteiger charge is 2.10. The van der Waals surface area contributed by atoms with Crippen LogP contribution in [0.4, 0.5) is 5.69 Å². The molecule has 2 nitrogen and oxygen atoms in total. The van der Waals surface area contributed by atoms with Crippen LogP contribution in [0.1, 0.15) is 27.0 Å². The van der Waals surface area contributed by atoms with E-state index in [1.165, 1.54) is 0 Å². The molecule has 2 N–H and O–H groups in total.